The Kier molecular flexibility index (Phi) is 3.73. The van der Waals surface area contributed by atoms with E-state index in [1.54, 1.807) is 0 Å². The van der Waals surface area contributed by atoms with Crippen molar-refractivity contribution in [1.82, 2.24) is 5.32 Å². The molecule has 1 unspecified atom stereocenters. The molecule has 3 rings (SSSR count). The Hall–Kier alpha value is -1.80. The highest BCUT2D eigenvalue weighted by Gasteiger charge is 2.29. The second-order valence-corrected chi connectivity index (χ2v) is 6.46. The van der Waals surface area contributed by atoms with E-state index in [9.17, 15) is 0 Å². The van der Waals surface area contributed by atoms with Gasteiger partial charge in [-0.05, 0) is 49.8 Å². The number of nitrogens with one attached hydrogen (secondary N) is 1. The van der Waals surface area contributed by atoms with Crippen molar-refractivity contribution < 1.29 is 0 Å². The highest BCUT2D eigenvalue weighted by atomic mass is 15.0. The molecule has 1 atom stereocenters. The van der Waals surface area contributed by atoms with Gasteiger partial charge in [0.15, 0.2) is 0 Å². The number of hydrogen-bond donors (Lipinski definition) is 2. The van der Waals surface area contributed by atoms with Crippen molar-refractivity contribution in [3.8, 4) is 0 Å². The third-order valence-electron chi connectivity index (χ3n) is 4.50. The van der Waals surface area contributed by atoms with E-state index in [1.165, 1.54) is 16.7 Å². The van der Waals surface area contributed by atoms with Crippen LogP contribution in [0, 0.1) is 0 Å². The summed E-state index contributed by atoms with van der Waals surface area (Å²) in [5.74, 6) is 0. The monoisotopic (exact) mass is 280 g/mol. The fourth-order valence-electron chi connectivity index (χ4n) is 3.38. The fraction of sp³-hybridized carbons (Fsp3) is 0.368. The molecule has 0 fully saturated rings. The SMILES string of the molecule is CC(C)(NC1CC=CC2=C1C(N)=CCC2)c1ccccc1. The van der Waals surface area contributed by atoms with E-state index in [4.69, 9.17) is 5.73 Å². The first-order valence-corrected chi connectivity index (χ1v) is 7.77. The maximum absolute atomic E-state index is 6.27. The predicted octanol–water partition coefficient (Wildman–Crippen LogP) is 3.77. The van der Waals surface area contributed by atoms with Crippen LogP contribution in [-0.2, 0) is 5.54 Å². The Bertz CT molecular complexity index is 606. The van der Waals surface area contributed by atoms with Crippen molar-refractivity contribution >= 4 is 0 Å². The van der Waals surface area contributed by atoms with Crippen LogP contribution < -0.4 is 11.1 Å². The molecule has 0 spiro atoms. The van der Waals surface area contributed by atoms with Crippen LogP contribution in [0.25, 0.3) is 0 Å². The van der Waals surface area contributed by atoms with Gasteiger partial charge in [-0.3, -0.25) is 0 Å². The molecule has 0 heterocycles. The first-order chi connectivity index (χ1) is 10.1. The highest BCUT2D eigenvalue weighted by molar-refractivity contribution is 5.47. The van der Waals surface area contributed by atoms with Gasteiger partial charge in [0.25, 0.3) is 0 Å². The molecule has 0 aliphatic heterocycles. The van der Waals surface area contributed by atoms with Crippen LogP contribution in [0.4, 0.5) is 0 Å². The summed E-state index contributed by atoms with van der Waals surface area (Å²) in [5, 5.41) is 3.81. The first kappa shape index (κ1) is 14.2. The molecular formula is C19H24N2. The zero-order valence-electron chi connectivity index (χ0n) is 12.9. The molecular weight excluding hydrogens is 256 g/mol. The zero-order valence-corrected chi connectivity index (χ0v) is 12.9. The smallest absolute Gasteiger partial charge is 0.0385 e. The largest absolute Gasteiger partial charge is 0.399 e. The lowest BCUT2D eigenvalue weighted by molar-refractivity contribution is 0.361. The fourth-order valence-corrected chi connectivity index (χ4v) is 3.38. The van der Waals surface area contributed by atoms with Crippen LogP contribution in [0.3, 0.4) is 0 Å². The molecule has 2 aliphatic carbocycles. The standard InChI is InChI=1S/C19H24N2/c1-19(2,15-10-4-3-5-11-15)21-17-13-7-9-14-8-6-12-16(20)18(14)17/h3-5,7,9-12,17,21H,6,8,13,20H2,1-2H3. The minimum Gasteiger partial charge on any atom is -0.399 e. The van der Waals surface area contributed by atoms with Crippen molar-refractivity contribution in [2.75, 3.05) is 0 Å². The summed E-state index contributed by atoms with van der Waals surface area (Å²) in [5.41, 5.74) is 11.2. The topological polar surface area (TPSA) is 38.0 Å². The van der Waals surface area contributed by atoms with Crippen molar-refractivity contribution in [2.24, 2.45) is 5.73 Å². The average Bonchev–Trinajstić information content (AvgIpc) is 2.48. The summed E-state index contributed by atoms with van der Waals surface area (Å²) in [6, 6.07) is 10.9. The lowest BCUT2D eigenvalue weighted by atomic mass is 9.83. The molecule has 0 saturated heterocycles. The number of nitrogens with two attached hydrogens (primary N) is 1. The van der Waals surface area contributed by atoms with E-state index in [1.807, 2.05) is 0 Å². The van der Waals surface area contributed by atoms with Crippen LogP contribution >= 0.6 is 0 Å². The Balaban J connectivity index is 1.86. The van der Waals surface area contributed by atoms with Gasteiger partial charge in [-0.25, -0.2) is 0 Å². The second kappa shape index (κ2) is 5.53. The third kappa shape index (κ3) is 2.81. The molecule has 2 aliphatic rings. The summed E-state index contributed by atoms with van der Waals surface area (Å²) in [6.07, 6.45) is 9.87. The minimum absolute atomic E-state index is 0.0764. The zero-order chi connectivity index (χ0) is 14.9. The van der Waals surface area contributed by atoms with Gasteiger partial charge in [-0.2, -0.15) is 0 Å². The highest BCUT2D eigenvalue weighted by Crippen LogP contribution is 2.33. The van der Waals surface area contributed by atoms with Gasteiger partial charge >= 0.3 is 0 Å². The quantitative estimate of drug-likeness (QED) is 0.884. The van der Waals surface area contributed by atoms with E-state index in [0.717, 1.165) is 25.0 Å². The molecule has 21 heavy (non-hydrogen) atoms. The maximum atomic E-state index is 6.27. The van der Waals surface area contributed by atoms with E-state index in [2.05, 4.69) is 67.7 Å². The van der Waals surface area contributed by atoms with E-state index >= 15 is 0 Å². The van der Waals surface area contributed by atoms with Gasteiger partial charge in [0.1, 0.15) is 0 Å². The Labute approximate surface area is 127 Å². The van der Waals surface area contributed by atoms with E-state index < -0.39 is 0 Å². The van der Waals surface area contributed by atoms with Crippen LogP contribution in [0.1, 0.15) is 38.7 Å². The van der Waals surface area contributed by atoms with Gasteiger partial charge in [-0.1, -0.05) is 48.6 Å². The van der Waals surface area contributed by atoms with Crippen molar-refractivity contribution in [3.63, 3.8) is 0 Å². The lowest BCUT2D eigenvalue weighted by Gasteiger charge is -2.36. The molecule has 3 N–H and O–H groups in total. The lowest BCUT2D eigenvalue weighted by Crippen LogP contribution is -2.46. The van der Waals surface area contributed by atoms with Crippen molar-refractivity contribution in [3.05, 3.63) is 71.0 Å². The predicted molar refractivity (Wildman–Crippen MR) is 88.7 cm³/mol. The summed E-state index contributed by atoms with van der Waals surface area (Å²) in [6.45, 7) is 4.48. The van der Waals surface area contributed by atoms with Gasteiger partial charge in [0.05, 0.1) is 0 Å². The third-order valence-corrected chi connectivity index (χ3v) is 4.50. The molecule has 2 heteroatoms. The molecule has 0 saturated carbocycles. The summed E-state index contributed by atoms with van der Waals surface area (Å²) in [4.78, 5) is 0. The molecule has 1 aromatic carbocycles. The van der Waals surface area contributed by atoms with Crippen LogP contribution in [0.2, 0.25) is 0 Å². The minimum atomic E-state index is -0.0764. The molecule has 0 radical (unpaired) electrons. The Morgan fingerprint density at radius 3 is 2.71 bits per heavy atom. The normalized spacial score (nSPS) is 22.0. The van der Waals surface area contributed by atoms with Gasteiger partial charge in [0.2, 0.25) is 0 Å². The molecule has 0 aromatic heterocycles. The van der Waals surface area contributed by atoms with Crippen molar-refractivity contribution in [1.29, 1.82) is 0 Å². The molecule has 0 amide bonds. The number of allylic oxidation sites excluding steroid dienone is 3. The number of rotatable bonds is 3. The summed E-state index contributed by atoms with van der Waals surface area (Å²) < 4.78 is 0. The van der Waals surface area contributed by atoms with Crippen molar-refractivity contribution in [2.45, 2.75) is 44.7 Å². The Morgan fingerprint density at radius 2 is 1.95 bits per heavy atom. The van der Waals surface area contributed by atoms with Gasteiger partial charge in [-0.15, -0.1) is 0 Å². The molecule has 110 valence electrons. The molecule has 2 nitrogen and oxygen atoms in total. The van der Waals surface area contributed by atoms with Gasteiger partial charge in [0, 0.05) is 17.3 Å². The van der Waals surface area contributed by atoms with Gasteiger partial charge < -0.3 is 11.1 Å². The molecule has 0 bridgehead atoms. The average molecular weight is 280 g/mol. The first-order valence-electron chi connectivity index (χ1n) is 7.77. The summed E-state index contributed by atoms with van der Waals surface area (Å²) in [7, 11) is 0. The Morgan fingerprint density at radius 1 is 1.19 bits per heavy atom. The maximum Gasteiger partial charge on any atom is 0.0385 e. The van der Waals surface area contributed by atoms with E-state index in [0.29, 0.717) is 6.04 Å². The number of benzene rings is 1. The number of hydrogen-bond acceptors (Lipinski definition) is 2. The van der Waals surface area contributed by atoms with Crippen LogP contribution in [-0.4, -0.2) is 6.04 Å². The van der Waals surface area contributed by atoms with Crippen LogP contribution in [0.15, 0.2) is 65.4 Å². The summed E-state index contributed by atoms with van der Waals surface area (Å²) >= 11 is 0. The second-order valence-electron chi connectivity index (χ2n) is 6.46. The van der Waals surface area contributed by atoms with Crippen LogP contribution in [0.5, 0.6) is 0 Å². The molecule has 1 aromatic rings. The van der Waals surface area contributed by atoms with E-state index in [-0.39, 0.29) is 5.54 Å².